The van der Waals surface area contributed by atoms with E-state index in [1.54, 1.807) is 10.9 Å². The SMILES string of the molecule is NC(C=O)c1cscn1. The van der Waals surface area contributed by atoms with Gasteiger partial charge in [0.1, 0.15) is 12.3 Å². The maximum Gasteiger partial charge on any atom is 0.142 e. The van der Waals surface area contributed by atoms with Gasteiger partial charge in [-0.25, -0.2) is 4.98 Å². The van der Waals surface area contributed by atoms with Gasteiger partial charge in [-0.2, -0.15) is 0 Å². The number of rotatable bonds is 2. The molecule has 9 heavy (non-hydrogen) atoms. The van der Waals surface area contributed by atoms with Gasteiger partial charge in [-0.1, -0.05) is 0 Å². The average molecular weight is 142 g/mol. The van der Waals surface area contributed by atoms with E-state index in [9.17, 15) is 4.79 Å². The van der Waals surface area contributed by atoms with Crippen LogP contribution in [0.5, 0.6) is 0 Å². The van der Waals surface area contributed by atoms with Crippen LogP contribution in [0.1, 0.15) is 11.7 Å². The van der Waals surface area contributed by atoms with Crippen LogP contribution in [0.15, 0.2) is 10.9 Å². The standard InChI is InChI=1S/C5H6N2OS/c6-4(1-8)5-2-9-3-7-5/h1-4H,6H2. The van der Waals surface area contributed by atoms with Crippen molar-refractivity contribution in [1.82, 2.24) is 4.98 Å². The van der Waals surface area contributed by atoms with Gasteiger partial charge in [0.2, 0.25) is 0 Å². The van der Waals surface area contributed by atoms with Crippen molar-refractivity contribution < 1.29 is 4.79 Å². The maximum atomic E-state index is 10.0. The van der Waals surface area contributed by atoms with Gasteiger partial charge in [-0.15, -0.1) is 11.3 Å². The van der Waals surface area contributed by atoms with Gasteiger partial charge in [-0.3, -0.25) is 0 Å². The molecule has 0 aromatic carbocycles. The number of nitrogens with two attached hydrogens (primary N) is 1. The van der Waals surface area contributed by atoms with Gasteiger partial charge in [-0.05, 0) is 0 Å². The van der Waals surface area contributed by atoms with E-state index in [1.807, 2.05) is 0 Å². The van der Waals surface area contributed by atoms with Gasteiger partial charge in [0.25, 0.3) is 0 Å². The molecule has 4 heteroatoms. The fraction of sp³-hybridized carbons (Fsp3) is 0.200. The van der Waals surface area contributed by atoms with Crippen molar-refractivity contribution in [3.05, 3.63) is 16.6 Å². The van der Waals surface area contributed by atoms with E-state index in [2.05, 4.69) is 4.98 Å². The average Bonchev–Trinajstić information content (AvgIpc) is 2.37. The molecule has 1 aromatic heterocycles. The summed E-state index contributed by atoms with van der Waals surface area (Å²) in [6.07, 6.45) is 0.676. The van der Waals surface area contributed by atoms with E-state index in [1.165, 1.54) is 11.3 Å². The molecule has 0 fully saturated rings. The van der Waals surface area contributed by atoms with Crippen LogP contribution in [0.25, 0.3) is 0 Å². The second-order valence-corrected chi connectivity index (χ2v) is 2.29. The lowest BCUT2D eigenvalue weighted by atomic mass is 10.3. The van der Waals surface area contributed by atoms with Gasteiger partial charge >= 0.3 is 0 Å². The molecule has 1 atom stereocenters. The summed E-state index contributed by atoms with van der Waals surface area (Å²) in [5, 5.41) is 1.76. The Bertz CT molecular complexity index is 185. The molecule has 1 unspecified atom stereocenters. The Morgan fingerprint density at radius 1 is 1.89 bits per heavy atom. The molecule has 0 amide bonds. The Labute approximate surface area is 56.5 Å². The monoisotopic (exact) mass is 142 g/mol. The molecule has 0 aliphatic heterocycles. The molecule has 0 aliphatic rings. The van der Waals surface area contributed by atoms with Crippen LogP contribution in [0.2, 0.25) is 0 Å². The maximum absolute atomic E-state index is 10.0. The lowest BCUT2D eigenvalue weighted by Crippen LogP contribution is -2.11. The smallest absolute Gasteiger partial charge is 0.142 e. The zero-order valence-electron chi connectivity index (χ0n) is 4.65. The highest BCUT2D eigenvalue weighted by Crippen LogP contribution is 2.06. The summed E-state index contributed by atoms with van der Waals surface area (Å²) >= 11 is 1.43. The first kappa shape index (κ1) is 6.38. The quantitative estimate of drug-likeness (QED) is 0.606. The number of hydrogen-bond donors (Lipinski definition) is 1. The molecular weight excluding hydrogens is 136 g/mol. The molecule has 48 valence electrons. The Morgan fingerprint density at radius 2 is 2.67 bits per heavy atom. The molecule has 0 aliphatic carbocycles. The van der Waals surface area contributed by atoms with Crippen LogP contribution < -0.4 is 5.73 Å². The summed E-state index contributed by atoms with van der Waals surface area (Å²) < 4.78 is 0. The van der Waals surface area contributed by atoms with Crippen LogP contribution in [-0.2, 0) is 4.79 Å². The Kier molecular flexibility index (Phi) is 1.92. The van der Waals surface area contributed by atoms with Gasteiger partial charge in [0, 0.05) is 5.38 Å². The number of carbonyl (C=O) groups excluding carboxylic acids is 1. The Balaban J connectivity index is 2.76. The number of aldehydes is 1. The molecule has 0 saturated carbocycles. The van der Waals surface area contributed by atoms with E-state index < -0.39 is 6.04 Å². The highest BCUT2D eigenvalue weighted by Gasteiger charge is 2.03. The zero-order valence-corrected chi connectivity index (χ0v) is 5.47. The van der Waals surface area contributed by atoms with Gasteiger partial charge in [0.05, 0.1) is 11.2 Å². The van der Waals surface area contributed by atoms with E-state index in [4.69, 9.17) is 5.73 Å². The van der Waals surface area contributed by atoms with Crippen LogP contribution in [0.3, 0.4) is 0 Å². The fourth-order valence-electron chi connectivity index (χ4n) is 0.456. The third-order valence-electron chi connectivity index (χ3n) is 0.940. The van der Waals surface area contributed by atoms with Crippen LogP contribution in [0, 0.1) is 0 Å². The summed E-state index contributed by atoms with van der Waals surface area (Å²) in [5.41, 5.74) is 7.61. The molecule has 3 nitrogen and oxygen atoms in total. The first-order valence-corrected chi connectivity index (χ1v) is 3.38. The zero-order chi connectivity index (χ0) is 6.69. The molecule has 0 radical (unpaired) electrons. The van der Waals surface area contributed by atoms with E-state index in [0.29, 0.717) is 12.0 Å². The summed E-state index contributed by atoms with van der Waals surface area (Å²) in [5.74, 6) is 0. The second-order valence-electron chi connectivity index (χ2n) is 1.58. The van der Waals surface area contributed by atoms with Crippen molar-refractivity contribution in [3.63, 3.8) is 0 Å². The van der Waals surface area contributed by atoms with Crippen molar-refractivity contribution in [2.75, 3.05) is 0 Å². The molecular formula is C5H6N2OS. The first-order chi connectivity index (χ1) is 4.34. The normalized spacial score (nSPS) is 13.0. The largest absolute Gasteiger partial charge is 0.317 e. The highest BCUT2D eigenvalue weighted by atomic mass is 32.1. The number of thiazole rings is 1. The molecule has 1 aromatic rings. The lowest BCUT2D eigenvalue weighted by Gasteiger charge is -1.94. The summed E-state index contributed by atoms with van der Waals surface area (Å²) in [4.78, 5) is 13.9. The van der Waals surface area contributed by atoms with E-state index in [0.717, 1.165) is 0 Å². The Morgan fingerprint density at radius 3 is 3.11 bits per heavy atom. The molecule has 0 saturated heterocycles. The highest BCUT2D eigenvalue weighted by molar-refractivity contribution is 7.07. The van der Waals surface area contributed by atoms with E-state index in [-0.39, 0.29) is 0 Å². The van der Waals surface area contributed by atoms with Crippen molar-refractivity contribution in [2.24, 2.45) is 5.73 Å². The number of nitrogens with zero attached hydrogens (tertiary/aromatic N) is 1. The van der Waals surface area contributed by atoms with Crippen LogP contribution in [-0.4, -0.2) is 11.3 Å². The Hall–Kier alpha value is -0.740. The molecule has 1 heterocycles. The van der Waals surface area contributed by atoms with Crippen LogP contribution >= 0.6 is 11.3 Å². The first-order valence-electron chi connectivity index (χ1n) is 2.43. The molecule has 0 bridgehead atoms. The number of carbonyl (C=O) groups is 1. The summed E-state index contributed by atoms with van der Waals surface area (Å²) in [7, 11) is 0. The minimum atomic E-state index is -0.545. The minimum Gasteiger partial charge on any atom is -0.317 e. The van der Waals surface area contributed by atoms with Crippen molar-refractivity contribution in [2.45, 2.75) is 6.04 Å². The predicted octanol–water partition coefficient (Wildman–Crippen LogP) is 0.342. The molecule has 0 spiro atoms. The number of hydrogen-bond acceptors (Lipinski definition) is 4. The van der Waals surface area contributed by atoms with Gasteiger partial charge < -0.3 is 10.5 Å². The predicted molar refractivity (Wildman–Crippen MR) is 35.1 cm³/mol. The van der Waals surface area contributed by atoms with Crippen molar-refractivity contribution in [3.8, 4) is 0 Å². The summed E-state index contributed by atoms with van der Waals surface area (Å²) in [6.45, 7) is 0. The molecule has 2 N–H and O–H groups in total. The lowest BCUT2D eigenvalue weighted by molar-refractivity contribution is -0.109. The van der Waals surface area contributed by atoms with Crippen molar-refractivity contribution >= 4 is 17.6 Å². The van der Waals surface area contributed by atoms with Crippen LogP contribution in [0.4, 0.5) is 0 Å². The van der Waals surface area contributed by atoms with Crippen molar-refractivity contribution in [1.29, 1.82) is 0 Å². The van der Waals surface area contributed by atoms with E-state index >= 15 is 0 Å². The second kappa shape index (κ2) is 2.70. The minimum absolute atomic E-state index is 0.545. The summed E-state index contributed by atoms with van der Waals surface area (Å²) in [6, 6.07) is -0.545. The number of aromatic nitrogens is 1. The van der Waals surface area contributed by atoms with Gasteiger partial charge in [0.15, 0.2) is 0 Å². The molecule has 1 rings (SSSR count). The topological polar surface area (TPSA) is 56.0 Å². The third kappa shape index (κ3) is 1.34. The fourth-order valence-corrected chi connectivity index (χ4v) is 1.06. The third-order valence-corrected chi connectivity index (χ3v) is 1.54.